The summed E-state index contributed by atoms with van der Waals surface area (Å²) in [6.45, 7) is 0. The van der Waals surface area contributed by atoms with Gasteiger partial charge in [-0.25, -0.2) is 4.79 Å². The number of H-pyrrole nitrogens is 1. The summed E-state index contributed by atoms with van der Waals surface area (Å²) < 4.78 is 0. The van der Waals surface area contributed by atoms with Crippen LogP contribution in [0, 0.1) is 0 Å². The van der Waals surface area contributed by atoms with E-state index in [4.69, 9.17) is 5.11 Å². The van der Waals surface area contributed by atoms with E-state index < -0.39 is 5.97 Å². The zero-order valence-corrected chi connectivity index (χ0v) is 13.3. The quantitative estimate of drug-likeness (QED) is 0.683. The Hall–Kier alpha value is -2.87. The smallest absolute Gasteiger partial charge is 0.345 e. The zero-order chi connectivity index (χ0) is 16.6. The van der Waals surface area contributed by atoms with Crippen molar-refractivity contribution < 1.29 is 14.7 Å². The Balaban J connectivity index is 1.83. The number of hydrogen-bond acceptors (Lipinski definition) is 5. The van der Waals surface area contributed by atoms with Crippen molar-refractivity contribution in [3.8, 4) is 0 Å². The highest BCUT2D eigenvalue weighted by Gasteiger charge is 2.16. The Bertz CT molecular complexity index is 880. The van der Waals surface area contributed by atoms with Gasteiger partial charge in [0.25, 0.3) is 5.91 Å². The van der Waals surface area contributed by atoms with Gasteiger partial charge in [0.05, 0.1) is 5.39 Å². The average Bonchev–Trinajstić information content (AvgIpc) is 3.09. The number of aromatic nitrogens is 2. The van der Waals surface area contributed by atoms with Crippen LogP contribution in [0.3, 0.4) is 0 Å². The van der Waals surface area contributed by atoms with E-state index in [-0.39, 0.29) is 10.8 Å². The van der Waals surface area contributed by atoms with Crippen molar-refractivity contribution in [2.24, 2.45) is 0 Å². The number of nitrogens with zero attached hydrogens (tertiary/aromatic N) is 2. The molecule has 0 aliphatic rings. The number of benzene rings is 1. The third-order valence-corrected chi connectivity index (χ3v) is 4.37. The second-order valence-electron chi connectivity index (χ2n) is 5.13. The van der Waals surface area contributed by atoms with Crippen molar-refractivity contribution >= 4 is 44.9 Å². The van der Waals surface area contributed by atoms with Gasteiger partial charge in [0.2, 0.25) is 0 Å². The lowest BCUT2D eigenvalue weighted by Crippen LogP contribution is -2.13. The fraction of sp³-hybridized carbons (Fsp3) is 0.133. The third kappa shape index (κ3) is 2.88. The minimum absolute atomic E-state index is 0.194. The van der Waals surface area contributed by atoms with E-state index in [1.165, 1.54) is 6.07 Å². The van der Waals surface area contributed by atoms with Crippen LogP contribution in [0.5, 0.6) is 0 Å². The Morgan fingerprint density at radius 2 is 1.96 bits per heavy atom. The lowest BCUT2D eigenvalue weighted by Gasteiger charge is -2.12. The highest BCUT2D eigenvalue weighted by Crippen LogP contribution is 2.29. The molecule has 7 nitrogen and oxygen atoms in total. The summed E-state index contributed by atoms with van der Waals surface area (Å²) in [6, 6.07) is 8.65. The summed E-state index contributed by atoms with van der Waals surface area (Å²) in [5.41, 5.74) is 1.49. The molecule has 0 bridgehead atoms. The van der Waals surface area contributed by atoms with E-state index in [1.807, 2.05) is 31.1 Å². The Morgan fingerprint density at radius 1 is 1.26 bits per heavy atom. The molecule has 8 heteroatoms. The van der Waals surface area contributed by atoms with E-state index >= 15 is 0 Å². The number of hydrogen-bond donors (Lipinski definition) is 3. The number of thiophene rings is 1. The van der Waals surface area contributed by atoms with Gasteiger partial charge in [0.1, 0.15) is 9.71 Å². The first-order valence-corrected chi connectivity index (χ1v) is 7.57. The number of fused-ring (bicyclic) bond motifs is 1. The molecule has 1 amide bonds. The van der Waals surface area contributed by atoms with Crippen molar-refractivity contribution in [2.45, 2.75) is 0 Å². The van der Waals surface area contributed by atoms with Crippen molar-refractivity contribution in [3.05, 3.63) is 40.8 Å². The number of anilines is 2. The number of carbonyl (C=O) groups is 2. The van der Waals surface area contributed by atoms with E-state index in [0.717, 1.165) is 17.0 Å². The van der Waals surface area contributed by atoms with Crippen LogP contribution < -0.4 is 10.2 Å². The van der Waals surface area contributed by atoms with E-state index in [2.05, 4.69) is 15.5 Å². The Kier molecular flexibility index (Phi) is 3.75. The molecule has 23 heavy (non-hydrogen) atoms. The van der Waals surface area contributed by atoms with Crippen molar-refractivity contribution in [2.75, 3.05) is 24.3 Å². The van der Waals surface area contributed by atoms with Gasteiger partial charge in [-0.2, -0.15) is 5.10 Å². The van der Waals surface area contributed by atoms with Crippen LogP contribution in [0.15, 0.2) is 30.3 Å². The molecule has 118 valence electrons. The van der Waals surface area contributed by atoms with Crippen LogP contribution in [-0.4, -0.2) is 41.3 Å². The van der Waals surface area contributed by atoms with Gasteiger partial charge in [-0.1, -0.05) is 0 Å². The number of carboxylic acid groups (broad SMARTS) is 1. The van der Waals surface area contributed by atoms with Gasteiger partial charge in [0.15, 0.2) is 5.82 Å². The summed E-state index contributed by atoms with van der Waals surface area (Å²) in [4.78, 5) is 26.0. The topological polar surface area (TPSA) is 98.3 Å². The molecule has 0 aliphatic heterocycles. The normalized spacial score (nSPS) is 10.7. The lowest BCUT2D eigenvalue weighted by molar-refractivity contribution is 0.0702. The number of rotatable bonds is 4. The number of nitrogens with one attached hydrogen (secondary N) is 2. The first-order valence-electron chi connectivity index (χ1n) is 6.75. The molecule has 3 aromatic rings. The number of aromatic carboxylic acids is 1. The molecule has 0 spiro atoms. The van der Waals surface area contributed by atoms with Crippen LogP contribution >= 0.6 is 11.3 Å². The Labute approximate surface area is 135 Å². The van der Waals surface area contributed by atoms with Gasteiger partial charge in [-0.15, -0.1) is 11.3 Å². The summed E-state index contributed by atoms with van der Waals surface area (Å²) in [6.07, 6.45) is 0. The predicted octanol–water partition coefficient (Wildman–Crippen LogP) is 2.64. The lowest BCUT2D eigenvalue weighted by atomic mass is 10.2. The van der Waals surface area contributed by atoms with Crippen LogP contribution in [0.1, 0.15) is 20.0 Å². The van der Waals surface area contributed by atoms with Crippen LogP contribution in [0.4, 0.5) is 11.5 Å². The molecule has 3 rings (SSSR count). The highest BCUT2D eigenvalue weighted by molar-refractivity contribution is 7.20. The van der Waals surface area contributed by atoms with E-state index in [9.17, 15) is 9.59 Å². The maximum Gasteiger partial charge on any atom is 0.345 e. The van der Waals surface area contributed by atoms with Gasteiger partial charge in [0, 0.05) is 25.3 Å². The van der Waals surface area contributed by atoms with Gasteiger partial charge >= 0.3 is 5.97 Å². The van der Waals surface area contributed by atoms with Gasteiger partial charge in [-0.05, 0) is 30.3 Å². The zero-order valence-electron chi connectivity index (χ0n) is 12.5. The maximum atomic E-state index is 12.3. The van der Waals surface area contributed by atoms with Crippen LogP contribution in [0.25, 0.3) is 10.2 Å². The van der Waals surface area contributed by atoms with Crippen molar-refractivity contribution in [1.82, 2.24) is 10.2 Å². The summed E-state index contributed by atoms with van der Waals surface area (Å²) in [7, 11) is 3.85. The maximum absolute atomic E-state index is 12.3. The Morgan fingerprint density at radius 3 is 2.57 bits per heavy atom. The molecule has 2 heterocycles. The first-order chi connectivity index (χ1) is 11.0. The number of aromatic amines is 1. The molecule has 0 atom stereocenters. The largest absolute Gasteiger partial charge is 0.477 e. The molecule has 0 fully saturated rings. The second kappa shape index (κ2) is 5.73. The van der Waals surface area contributed by atoms with E-state index in [0.29, 0.717) is 21.6 Å². The molecule has 0 saturated heterocycles. The molecule has 2 aromatic heterocycles. The molecule has 0 unspecified atom stereocenters. The number of carboxylic acids is 1. The molecule has 0 radical (unpaired) electrons. The van der Waals surface area contributed by atoms with E-state index in [1.54, 1.807) is 12.1 Å². The first kappa shape index (κ1) is 15.0. The average molecular weight is 330 g/mol. The molecule has 0 saturated carbocycles. The SMILES string of the molecule is CN(C)c1ccc(C(=O)Nc2n[nH]c3sc(C(=O)O)cc23)cc1. The number of amides is 1. The van der Waals surface area contributed by atoms with Crippen LogP contribution in [0.2, 0.25) is 0 Å². The van der Waals surface area contributed by atoms with Crippen molar-refractivity contribution in [1.29, 1.82) is 0 Å². The summed E-state index contributed by atoms with van der Waals surface area (Å²) in [5, 5.41) is 19.0. The van der Waals surface area contributed by atoms with Gasteiger partial charge < -0.3 is 15.3 Å². The standard InChI is InChI=1S/C15H14N4O3S/c1-19(2)9-5-3-8(4-6-9)13(20)16-12-10-7-11(15(21)22)23-14(10)18-17-12/h3-7H,1-2H3,(H,21,22)(H2,16,17,18,20). The fourth-order valence-corrected chi connectivity index (χ4v) is 2.95. The fourth-order valence-electron chi connectivity index (χ4n) is 2.11. The monoisotopic (exact) mass is 330 g/mol. The molecular weight excluding hydrogens is 316 g/mol. The third-order valence-electron chi connectivity index (χ3n) is 3.35. The summed E-state index contributed by atoms with van der Waals surface area (Å²) >= 11 is 1.08. The van der Waals surface area contributed by atoms with Crippen LogP contribution in [-0.2, 0) is 0 Å². The molecule has 1 aromatic carbocycles. The highest BCUT2D eigenvalue weighted by atomic mass is 32.1. The molecule has 3 N–H and O–H groups in total. The number of carbonyl (C=O) groups excluding carboxylic acids is 1. The van der Waals surface area contributed by atoms with Gasteiger partial charge in [-0.3, -0.25) is 9.89 Å². The summed E-state index contributed by atoms with van der Waals surface area (Å²) in [5.74, 6) is -0.978. The molecule has 0 aliphatic carbocycles. The minimum atomic E-state index is -1.00. The van der Waals surface area contributed by atoms with Crippen molar-refractivity contribution in [3.63, 3.8) is 0 Å². The second-order valence-corrected chi connectivity index (χ2v) is 6.18. The predicted molar refractivity (Wildman–Crippen MR) is 89.7 cm³/mol. The molecular formula is C15H14N4O3S. The minimum Gasteiger partial charge on any atom is -0.477 e.